The van der Waals surface area contributed by atoms with Gasteiger partial charge in [-0.05, 0) is 46.5 Å². The van der Waals surface area contributed by atoms with Gasteiger partial charge in [-0.15, -0.1) is 0 Å². The molecule has 0 saturated heterocycles. The second kappa shape index (κ2) is 32.5. The largest absolute Gasteiger partial charge is 0.395 e. The molecule has 0 fully saturated rings. The number of halogens is 2. The molecule has 0 unspecified atom stereocenters. The molecular weight excluding hydrogens is 868 g/mol. The quantitative estimate of drug-likeness (QED) is 0.0236. The maximum atomic E-state index is 12.3. The highest BCUT2D eigenvalue weighted by Crippen LogP contribution is 2.20. The van der Waals surface area contributed by atoms with Crippen LogP contribution in [0.5, 0.6) is 0 Å². The maximum Gasteiger partial charge on any atom is 0.220 e. The van der Waals surface area contributed by atoms with Gasteiger partial charge in [0, 0.05) is 134 Å². The average Bonchev–Trinajstić information content (AvgIpc) is 3.30. The van der Waals surface area contributed by atoms with Crippen LogP contribution in [0.2, 0.25) is 0 Å². The molecule has 2 amide bonds. The van der Waals surface area contributed by atoms with Crippen LogP contribution in [0.3, 0.4) is 0 Å². The van der Waals surface area contributed by atoms with E-state index in [4.69, 9.17) is 0 Å². The van der Waals surface area contributed by atoms with Gasteiger partial charge in [0.25, 0.3) is 0 Å². The number of aliphatic hydroxyl groups is 4. The summed E-state index contributed by atoms with van der Waals surface area (Å²) in [4.78, 5) is 28.6. The van der Waals surface area contributed by atoms with E-state index in [0.29, 0.717) is 52.1 Å². The zero-order valence-electron chi connectivity index (χ0n) is 35.2. The van der Waals surface area contributed by atoms with Crippen molar-refractivity contribution in [3.8, 4) is 0 Å². The van der Waals surface area contributed by atoms with Crippen molar-refractivity contribution in [1.29, 1.82) is 0 Å². The third-order valence-corrected chi connectivity index (χ3v) is 11.9. The van der Waals surface area contributed by atoms with Gasteiger partial charge in [-0.3, -0.25) is 9.59 Å². The van der Waals surface area contributed by atoms with Crippen LogP contribution in [0.15, 0.2) is 97.6 Å². The Morgan fingerprint density at radius 1 is 0.516 bits per heavy atom. The van der Waals surface area contributed by atoms with Crippen LogP contribution in [0.25, 0.3) is 24.3 Å². The smallest absolute Gasteiger partial charge is 0.220 e. The molecule has 12 nitrogen and oxygen atoms in total. The summed E-state index contributed by atoms with van der Waals surface area (Å²) >= 11 is 0. The third-order valence-electron chi connectivity index (χ3n) is 9.51. The highest BCUT2D eigenvalue weighted by Gasteiger charge is 2.09. The van der Waals surface area contributed by atoms with E-state index >= 15 is 0 Å². The first-order chi connectivity index (χ1) is 30.4. The third kappa shape index (κ3) is 21.3. The molecular formula is C46H62Cl2N6O6S2+2. The number of carbonyl (C=O) groups excluding carboxylic acids is 2. The Kier molecular flexibility index (Phi) is 27.4. The lowest BCUT2D eigenvalue weighted by Crippen LogP contribution is -2.34. The Bertz CT molecular complexity index is 1730. The molecule has 4 rings (SSSR count). The van der Waals surface area contributed by atoms with E-state index in [-0.39, 0.29) is 38.2 Å². The van der Waals surface area contributed by atoms with Gasteiger partial charge < -0.3 is 40.9 Å². The van der Waals surface area contributed by atoms with E-state index in [1.54, 1.807) is 21.6 Å². The van der Waals surface area contributed by atoms with Gasteiger partial charge in [-0.25, -0.2) is 9.13 Å². The number of aliphatic hydroxyl groups excluding tert-OH is 4. The van der Waals surface area contributed by atoms with Crippen molar-refractivity contribution in [3.63, 3.8) is 0 Å². The number of hydrogen-bond acceptors (Lipinski definition) is 10. The van der Waals surface area contributed by atoms with Crippen LogP contribution in [0, 0.1) is 0 Å². The van der Waals surface area contributed by atoms with Crippen molar-refractivity contribution < 1.29 is 39.1 Å². The monoisotopic (exact) mass is 928 g/mol. The summed E-state index contributed by atoms with van der Waals surface area (Å²) < 4.78 is 4.17. The number of pyridine rings is 2. The highest BCUT2D eigenvalue weighted by atomic mass is 36.5. The van der Waals surface area contributed by atoms with Gasteiger partial charge in [-0.2, -0.15) is 0 Å². The zero-order valence-corrected chi connectivity index (χ0v) is 38.4. The second-order valence-electron chi connectivity index (χ2n) is 14.0. The highest BCUT2D eigenvalue weighted by molar-refractivity contribution is 8.76. The summed E-state index contributed by atoms with van der Waals surface area (Å²) in [7, 11) is 11.6. The van der Waals surface area contributed by atoms with Crippen LogP contribution >= 0.6 is 43.3 Å². The SMILES string of the molecule is ClCl.O=C(CCC[n+]1ccc(/C=C/c2ccc(N(CCO)CCO)cc2)cc1)NCCSSCCNC(=O)CCC[n+]1ccc(/C=C/c2ccc(N(CCO)CCO)cc2)cc1. The minimum absolute atomic E-state index is 0.0371. The molecule has 0 saturated carbocycles. The van der Waals surface area contributed by atoms with E-state index in [2.05, 4.69) is 90.0 Å². The number of nitrogens with zero attached hydrogens (tertiary/aromatic N) is 4. The Morgan fingerprint density at radius 3 is 1.13 bits per heavy atom. The predicted molar refractivity (Wildman–Crippen MR) is 258 cm³/mol. The number of nitrogens with one attached hydrogen (secondary N) is 2. The summed E-state index contributed by atoms with van der Waals surface area (Å²) in [6.07, 6.45) is 18.8. The second-order valence-corrected chi connectivity index (χ2v) is 16.7. The van der Waals surface area contributed by atoms with Crippen LogP contribution in [0.1, 0.15) is 47.9 Å². The normalized spacial score (nSPS) is 11.1. The van der Waals surface area contributed by atoms with Crippen LogP contribution in [-0.2, 0) is 22.7 Å². The molecule has 0 radical (unpaired) electrons. The molecule has 0 atom stereocenters. The molecule has 0 bridgehead atoms. The number of aryl methyl sites for hydroxylation is 2. The van der Waals surface area contributed by atoms with Crippen LogP contribution < -0.4 is 29.6 Å². The molecule has 16 heteroatoms. The number of rotatable bonds is 29. The van der Waals surface area contributed by atoms with Crippen molar-refractivity contribution >= 4 is 90.8 Å². The van der Waals surface area contributed by atoms with Gasteiger partial charge in [-0.1, -0.05) is 70.2 Å². The molecule has 2 aromatic heterocycles. The van der Waals surface area contributed by atoms with E-state index in [9.17, 15) is 30.0 Å². The van der Waals surface area contributed by atoms with Gasteiger partial charge in [0.1, 0.15) is 13.1 Å². The fourth-order valence-corrected chi connectivity index (χ4v) is 8.08. The first-order valence-electron chi connectivity index (χ1n) is 20.8. The summed E-state index contributed by atoms with van der Waals surface area (Å²) in [6, 6.07) is 24.3. The molecule has 0 aliphatic carbocycles. The summed E-state index contributed by atoms with van der Waals surface area (Å²) in [5, 5.41) is 43.1. The molecule has 6 N–H and O–H groups in total. The number of carbonyl (C=O) groups is 2. The van der Waals surface area contributed by atoms with Crippen molar-refractivity contribution in [2.45, 2.75) is 38.8 Å². The lowest BCUT2D eigenvalue weighted by Gasteiger charge is -2.22. The van der Waals surface area contributed by atoms with Gasteiger partial charge in [0.15, 0.2) is 24.8 Å². The lowest BCUT2D eigenvalue weighted by molar-refractivity contribution is -0.697. The molecule has 0 aliphatic heterocycles. The van der Waals surface area contributed by atoms with Crippen LogP contribution in [0.4, 0.5) is 11.4 Å². The van der Waals surface area contributed by atoms with Crippen molar-refractivity contribution in [2.24, 2.45) is 0 Å². The summed E-state index contributed by atoms with van der Waals surface area (Å²) in [6.45, 7) is 4.83. The average molecular weight is 930 g/mol. The van der Waals surface area contributed by atoms with E-state index in [1.807, 2.05) is 83.1 Å². The van der Waals surface area contributed by atoms with Crippen molar-refractivity contribution in [2.75, 3.05) is 87.0 Å². The van der Waals surface area contributed by atoms with Gasteiger partial charge >= 0.3 is 0 Å². The van der Waals surface area contributed by atoms with E-state index < -0.39 is 0 Å². The Labute approximate surface area is 384 Å². The fourth-order valence-electron chi connectivity index (χ4n) is 6.26. The number of hydrogen-bond donors (Lipinski definition) is 6. The zero-order chi connectivity index (χ0) is 44.6. The molecule has 0 aliphatic rings. The lowest BCUT2D eigenvalue weighted by atomic mass is 10.1. The first kappa shape index (κ1) is 52.2. The Morgan fingerprint density at radius 2 is 0.823 bits per heavy atom. The molecule has 2 heterocycles. The van der Waals surface area contributed by atoms with Crippen molar-refractivity contribution in [3.05, 3.63) is 120 Å². The molecule has 4 aromatic rings. The molecule has 0 spiro atoms. The number of amides is 2. The molecule has 62 heavy (non-hydrogen) atoms. The fraction of sp³-hybridized carbons (Fsp3) is 0.391. The van der Waals surface area contributed by atoms with Crippen molar-refractivity contribution in [1.82, 2.24) is 10.6 Å². The maximum absolute atomic E-state index is 12.3. The van der Waals surface area contributed by atoms with Crippen LogP contribution in [-0.4, -0.2) is 109 Å². The molecule has 2 aromatic carbocycles. The summed E-state index contributed by atoms with van der Waals surface area (Å²) in [5.41, 5.74) is 6.22. The predicted octanol–water partition coefficient (Wildman–Crippen LogP) is 5.44. The Hall–Kier alpha value is -4.12. The minimum atomic E-state index is 0.0371. The number of benzene rings is 2. The number of aromatic nitrogens is 2. The first-order valence-corrected chi connectivity index (χ1v) is 24.4. The Balaban J connectivity index is 0.00000504. The minimum Gasteiger partial charge on any atom is -0.395 e. The van der Waals surface area contributed by atoms with E-state index in [0.717, 1.165) is 71.1 Å². The van der Waals surface area contributed by atoms with Gasteiger partial charge in [0.05, 0.1) is 26.4 Å². The molecule has 336 valence electrons. The van der Waals surface area contributed by atoms with E-state index in [1.165, 1.54) is 0 Å². The number of anilines is 2. The van der Waals surface area contributed by atoms with Gasteiger partial charge in [0.2, 0.25) is 11.8 Å². The summed E-state index contributed by atoms with van der Waals surface area (Å²) in [5.74, 6) is 1.73. The topological polar surface area (TPSA) is 153 Å². The standard InChI is InChI=1S/C46H60N6O6S2.Cl2/c53-33-29-51(30-34-54)43-13-9-39(10-14-43)5-7-41-17-25-49(26-18-41)23-1-3-45(57)47-21-37-59-60-38-22-48-46(58)4-2-24-50-27-19-42(20-28-50)8-6-40-11-15-44(16-12-40)52(31-35-55)32-36-56;1-2/h5-20,25-28,53-56H,1-4,21-24,29-38H2;/p+2.